The molecule has 262 valence electrons. The van der Waals surface area contributed by atoms with Crippen molar-refractivity contribution in [1.82, 2.24) is 54.6 Å². The monoisotopic (exact) mass is 721 g/mol. The van der Waals surface area contributed by atoms with E-state index in [1.165, 1.54) is 0 Å². The zero-order chi connectivity index (χ0) is 35.3. The second kappa shape index (κ2) is 18.0. The molecule has 0 aliphatic heterocycles. The van der Waals surface area contributed by atoms with Gasteiger partial charge in [-0.25, -0.2) is 49.5 Å². The van der Waals surface area contributed by atoms with Crippen LogP contribution in [0.2, 0.25) is 0 Å². The maximum absolute atomic E-state index is 4.67. The van der Waals surface area contributed by atoms with E-state index in [2.05, 4.69) is 85.1 Å². The van der Waals surface area contributed by atoms with Gasteiger partial charge in [-0.2, -0.15) is 5.10 Å². The first-order valence-electron chi connectivity index (χ1n) is 16.4. The second-order valence-corrected chi connectivity index (χ2v) is 13.7. The van der Waals surface area contributed by atoms with Crippen LogP contribution in [-0.4, -0.2) is 87.1 Å². The summed E-state index contributed by atoms with van der Waals surface area (Å²) in [5.41, 5.74) is 1.79. The van der Waals surface area contributed by atoms with Crippen LogP contribution >= 0.6 is 23.5 Å². The molecule has 6 aromatic heterocycles. The van der Waals surface area contributed by atoms with E-state index in [0.29, 0.717) is 53.5 Å². The molecule has 2 atom stereocenters. The van der Waals surface area contributed by atoms with E-state index in [9.17, 15) is 0 Å². The Morgan fingerprint density at radius 3 is 1.86 bits per heavy atom. The van der Waals surface area contributed by atoms with E-state index in [1.807, 2.05) is 55.4 Å². The minimum absolute atomic E-state index is 0.315. The van der Waals surface area contributed by atoms with Gasteiger partial charge in [-0.3, -0.25) is 0 Å². The molecule has 0 saturated heterocycles. The molecule has 17 heteroatoms. The molecule has 15 nitrogen and oxygen atoms in total. The van der Waals surface area contributed by atoms with Gasteiger partial charge in [0.25, 0.3) is 0 Å². The zero-order valence-electron chi connectivity index (χ0n) is 28.5. The number of anilines is 4. The van der Waals surface area contributed by atoms with Crippen molar-refractivity contribution >= 4 is 47.1 Å². The Morgan fingerprint density at radius 2 is 1.25 bits per heavy atom. The molecule has 0 aliphatic carbocycles. The number of thioether (sulfide) groups is 2. The Bertz CT molecular complexity index is 1910. The fourth-order valence-corrected chi connectivity index (χ4v) is 5.60. The van der Waals surface area contributed by atoms with Crippen LogP contribution in [0.15, 0.2) is 96.0 Å². The van der Waals surface area contributed by atoms with Gasteiger partial charge < -0.3 is 21.3 Å². The smallest absolute Gasteiger partial charge is 0.222 e. The normalized spacial score (nSPS) is 12.2. The lowest BCUT2D eigenvalue weighted by atomic mass is 10.2. The van der Waals surface area contributed by atoms with Crippen molar-refractivity contribution in [1.29, 1.82) is 0 Å². The first-order chi connectivity index (χ1) is 25.0. The van der Waals surface area contributed by atoms with Gasteiger partial charge in [0.15, 0.2) is 11.6 Å². The van der Waals surface area contributed by atoms with Gasteiger partial charge in [0.05, 0.1) is 18.1 Å². The average Bonchev–Trinajstić information content (AvgIpc) is 3.67. The van der Waals surface area contributed by atoms with Gasteiger partial charge >= 0.3 is 0 Å². The summed E-state index contributed by atoms with van der Waals surface area (Å²) in [7, 11) is 0. The van der Waals surface area contributed by atoms with Crippen molar-refractivity contribution in [3.63, 3.8) is 0 Å². The fraction of sp³-hybridized carbons (Fsp3) is 0.294. The summed E-state index contributed by atoms with van der Waals surface area (Å²) in [6, 6.07) is 7.67. The standard InChI is InChI=1S/C34H39N15S2/c1-23(11-37-29-6-5-25(15-39-29)32-35-8-4-9-36-32)13-43-34-46-18-28(19-47-34)51-22-26-7-10-49(48-26)31-21-40-30(20-41-31)38-12-24(2)14-42-33-44-16-27(50-3)17-45-33/h4-10,15-21,23-24H,11-14,22H2,1-3H3,(H,37,39)(H,38,40)(H,42,44,45)(H,43,46,47). The molecule has 2 unspecified atom stereocenters. The van der Waals surface area contributed by atoms with Crippen LogP contribution in [-0.2, 0) is 5.75 Å². The third-order valence-corrected chi connectivity index (χ3v) is 9.13. The quantitative estimate of drug-likeness (QED) is 0.0824. The summed E-state index contributed by atoms with van der Waals surface area (Å²) < 4.78 is 1.73. The maximum atomic E-state index is 4.67. The summed E-state index contributed by atoms with van der Waals surface area (Å²) >= 11 is 3.24. The Balaban J connectivity index is 0.879. The fourth-order valence-electron chi connectivity index (χ4n) is 4.56. The molecule has 6 aromatic rings. The molecule has 6 rings (SSSR count). The number of hydrogen-bond donors (Lipinski definition) is 4. The van der Waals surface area contributed by atoms with Crippen molar-refractivity contribution in [2.75, 3.05) is 53.7 Å². The molecule has 0 fully saturated rings. The first-order valence-corrected chi connectivity index (χ1v) is 18.6. The summed E-state index contributed by atoms with van der Waals surface area (Å²) in [4.78, 5) is 41.7. The minimum atomic E-state index is 0.315. The van der Waals surface area contributed by atoms with Crippen LogP contribution < -0.4 is 21.3 Å². The number of nitrogens with one attached hydrogen (secondary N) is 4. The maximum Gasteiger partial charge on any atom is 0.222 e. The van der Waals surface area contributed by atoms with E-state index >= 15 is 0 Å². The number of aromatic nitrogens is 11. The van der Waals surface area contributed by atoms with Crippen LogP contribution in [0.3, 0.4) is 0 Å². The molecule has 51 heavy (non-hydrogen) atoms. The molecule has 0 spiro atoms. The van der Waals surface area contributed by atoms with Gasteiger partial charge in [-0.1, -0.05) is 13.8 Å². The highest BCUT2D eigenvalue weighted by Crippen LogP contribution is 2.22. The molecule has 6 heterocycles. The van der Waals surface area contributed by atoms with Crippen LogP contribution in [0, 0.1) is 11.8 Å². The Kier molecular flexibility index (Phi) is 12.5. The minimum Gasteiger partial charge on any atom is -0.370 e. The number of hydrogen-bond acceptors (Lipinski definition) is 16. The lowest BCUT2D eigenvalue weighted by Crippen LogP contribution is -2.21. The highest BCUT2D eigenvalue weighted by atomic mass is 32.2. The van der Waals surface area contributed by atoms with Crippen molar-refractivity contribution in [3.05, 3.63) is 91.9 Å². The average molecular weight is 722 g/mol. The number of nitrogens with zero attached hydrogens (tertiary/aromatic N) is 11. The van der Waals surface area contributed by atoms with Crippen molar-refractivity contribution in [3.8, 4) is 17.2 Å². The largest absolute Gasteiger partial charge is 0.370 e. The molecule has 0 aromatic carbocycles. The molecular weight excluding hydrogens is 683 g/mol. The summed E-state index contributed by atoms with van der Waals surface area (Å²) in [6.45, 7) is 7.22. The Hall–Kier alpha value is -5.42. The summed E-state index contributed by atoms with van der Waals surface area (Å²) in [5, 5.41) is 18.0. The van der Waals surface area contributed by atoms with Gasteiger partial charge in [0.2, 0.25) is 11.9 Å². The first kappa shape index (κ1) is 35.4. The molecule has 0 amide bonds. The van der Waals surface area contributed by atoms with E-state index in [0.717, 1.165) is 46.5 Å². The van der Waals surface area contributed by atoms with Crippen molar-refractivity contribution in [2.45, 2.75) is 29.4 Å². The molecule has 0 radical (unpaired) electrons. The van der Waals surface area contributed by atoms with Gasteiger partial charge in [-0.15, -0.1) is 23.5 Å². The Labute approximate surface area is 304 Å². The lowest BCUT2D eigenvalue weighted by Gasteiger charge is -2.14. The predicted molar refractivity (Wildman–Crippen MR) is 202 cm³/mol. The highest BCUT2D eigenvalue weighted by molar-refractivity contribution is 7.98. The summed E-state index contributed by atoms with van der Waals surface area (Å²) in [6.07, 6.45) is 19.8. The second-order valence-electron chi connectivity index (χ2n) is 11.7. The predicted octanol–water partition coefficient (Wildman–Crippen LogP) is 5.43. The molecule has 0 saturated carbocycles. The highest BCUT2D eigenvalue weighted by Gasteiger charge is 2.09. The van der Waals surface area contributed by atoms with Crippen molar-refractivity contribution in [2.24, 2.45) is 11.8 Å². The van der Waals surface area contributed by atoms with E-state index in [1.54, 1.807) is 65.3 Å². The molecule has 4 N–H and O–H groups in total. The van der Waals surface area contributed by atoms with Crippen molar-refractivity contribution < 1.29 is 0 Å². The number of rotatable bonds is 18. The van der Waals surface area contributed by atoms with Gasteiger partial charge in [0.1, 0.15) is 11.6 Å². The third kappa shape index (κ3) is 10.8. The SMILES string of the molecule is CSc1cnc(NCC(C)CNc2cnc(-n3ccc(CSc4cnc(NCC(C)CNc5ccc(-c6ncccn6)cn5)nc4)n3)cn2)nc1. The topological polar surface area (TPSA) is 182 Å². The molecular formula is C34H39N15S2. The van der Waals surface area contributed by atoms with Gasteiger partial charge in [0, 0.05) is 96.9 Å². The number of pyridine rings is 1. The van der Waals surface area contributed by atoms with E-state index < -0.39 is 0 Å². The van der Waals surface area contributed by atoms with Crippen LogP contribution in [0.5, 0.6) is 0 Å². The van der Waals surface area contributed by atoms with E-state index in [-0.39, 0.29) is 0 Å². The third-order valence-electron chi connectivity index (χ3n) is 7.46. The molecule has 0 bridgehead atoms. The summed E-state index contributed by atoms with van der Waals surface area (Å²) in [5.74, 6) is 5.34. The molecule has 0 aliphatic rings. The van der Waals surface area contributed by atoms with E-state index in [4.69, 9.17) is 0 Å². The lowest BCUT2D eigenvalue weighted by molar-refractivity contribution is 0.644. The van der Waals surface area contributed by atoms with Crippen LogP contribution in [0.1, 0.15) is 19.5 Å². The van der Waals surface area contributed by atoms with Crippen LogP contribution in [0.4, 0.5) is 23.5 Å². The van der Waals surface area contributed by atoms with Crippen LogP contribution in [0.25, 0.3) is 17.2 Å². The Morgan fingerprint density at radius 1 is 0.627 bits per heavy atom. The van der Waals surface area contributed by atoms with Gasteiger partial charge in [-0.05, 0) is 42.4 Å². The zero-order valence-corrected chi connectivity index (χ0v) is 30.1.